The number of aromatic nitrogens is 2. The van der Waals surface area contributed by atoms with Crippen LogP contribution in [-0.2, 0) is 9.59 Å². The van der Waals surface area contributed by atoms with Crippen LogP contribution in [0, 0.1) is 6.92 Å². The normalized spacial score (nSPS) is 11.3. The molecule has 0 aromatic carbocycles. The summed E-state index contributed by atoms with van der Waals surface area (Å²) in [5.74, 6) is -2.69. The van der Waals surface area contributed by atoms with Crippen molar-refractivity contribution < 1.29 is 29.3 Å². The highest BCUT2D eigenvalue weighted by Gasteiger charge is 2.23. The lowest BCUT2D eigenvalue weighted by Crippen LogP contribution is -2.44. The van der Waals surface area contributed by atoms with E-state index in [1.807, 2.05) is 5.32 Å². The third-order valence-electron chi connectivity index (χ3n) is 2.25. The van der Waals surface area contributed by atoms with E-state index in [1.54, 1.807) is 6.92 Å². The molecule has 1 unspecified atom stereocenters. The van der Waals surface area contributed by atoms with E-state index in [1.165, 1.54) is 13.2 Å². The van der Waals surface area contributed by atoms with Crippen LogP contribution in [0.25, 0.3) is 0 Å². The van der Waals surface area contributed by atoms with E-state index in [9.17, 15) is 14.4 Å². The molecule has 114 valence electrons. The average molecular weight is 298 g/mol. The summed E-state index contributed by atoms with van der Waals surface area (Å²) in [6, 6.07) is -0.960. The molecule has 10 nitrogen and oxygen atoms in total. The van der Waals surface area contributed by atoms with E-state index in [0.717, 1.165) is 0 Å². The first-order valence-electron chi connectivity index (χ1n) is 5.73. The van der Waals surface area contributed by atoms with E-state index < -0.39 is 30.4 Å². The zero-order valence-corrected chi connectivity index (χ0v) is 11.3. The Kier molecular flexibility index (Phi) is 5.40. The summed E-state index contributed by atoms with van der Waals surface area (Å²) in [5, 5.41) is 21.6. The number of carbonyl (C=O) groups excluding carboxylic acids is 1. The minimum atomic E-state index is -1.56. The molecule has 0 aliphatic heterocycles. The Morgan fingerprint density at radius 1 is 1.33 bits per heavy atom. The Hall–Kier alpha value is -2.91. The molecule has 1 heterocycles. The van der Waals surface area contributed by atoms with Crippen molar-refractivity contribution in [1.29, 1.82) is 0 Å². The minimum Gasteiger partial charge on any atom is -0.481 e. The van der Waals surface area contributed by atoms with Crippen molar-refractivity contribution >= 4 is 23.9 Å². The van der Waals surface area contributed by atoms with Gasteiger partial charge in [0.2, 0.25) is 11.8 Å². The molecule has 1 rings (SSSR count). The van der Waals surface area contributed by atoms with Gasteiger partial charge in [-0.05, 0) is 6.92 Å². The maximum absolute atomic E-state index is 11.6. The van der Waals surface area contributed by atoms with Gasteiger partial charge in [0.25, 0.3) is 0 Å². The number of rotatable bonds is 6. The maximum Gasteiger partial charge on any atom is 0.326 e. The highest BCUT2D eigenvalue weighted by molar-refractivity contribution is 5.92. The number of anilines is 1. The molecule has 10 heteroatoms. The van der Waals surface area contributed by atoms with Gasteiger partial charge in [-0.2, -0.15) is 4.98 Å². The number of hydrogen-bond donors (Lipinski definition) is 4. The molecule has 0 spiro atoms. The third-order valence-corrected chi connectivity index (χ3v) is 2.25. The van der Waals surface area contributed by atoms with Crippen LogP contribution in [0.4, 0.5) is 10.7 Å². The molecule has 0 fully saturated rings. The molecule has 0 radical (unpaired) electrons. The predicted molar refractivity (Wildman–Crippen MR) is 69.2 cm³/mol. The number of aryl methyl sites for hydroxylation is 1. The molecule has 1 atom stereocenters. The van der Waals surface area contributed by atoms with Gasteiger partial charge in [0.1, 0.15) is 6.04 Å². The zero-order chi connectivity index (χ0) is 16.0. The molecule has 0 aliphatic carbocycles. The van der Waals surface area contributed by atoms with Crippen LogP contribution in [0.5, 0.6) is 5.88 Å². The second-order valence-corrected chi connectivity index (χ2v) is 3.96. The second kappa shape index (κ2) is 7.03. The maximum atomic E-state index is 11.6. The SMILES string of the molecule is COc1cc(C)nc(NC(=O)NC(CC(=O)O)C(=O)O)n1. The monoisotopic (exact) mass is 298 g/mol. The van der Waals surface area contributed by atoms with Crippen LogP contribution < -0.4 is 15.4 Å². The molecule has 21 heavy (non-hydrogen) atoms. The number of ether oxygens (including phenoxy) is 1. The number of carbonyl (C=O) groups is 3. The quantitative estimate of drug-likeness (QED) is 0.565. The van der Waals surface area contributed by atoms with E-state index in [0.29, 0.717) is 5.69 Å². The number of carboxylic acids is 2. The third kappa shape index (κ3) is 5.30. The molecular formula is C11H14N4O6. The van der Waals surface area contributed by atoms with E-state index in [-0.39, 0.29) is 11.8 Å². The lowest BCUT2D eigenvalue weighted by molar-refractivity contribution is -0.145. The van der Waals surface area contributed by atoms with Crippen LogP contribution in [-0.4, -0.2) is 51.3 Å². The largest absolute Gasteiger partial charge is 0.481 e. The van der Waals surface area contributed by atoms with Crippen LogP contribution in [0.2, 0.25) is 0 Å². The smallest absolute Gasteiger partial charge is 0.326 e. The minimum absolute atomic E-state index is 0.0937. The Labute approximate surface area is 119 Å². The summed E-state index contributed by atoms with van der Waals surface area (Å²) in [6.45, 7) is 1.65. The first kappa shape index (κ1) is 16.1. The highest BCUT2D eigenvalue weighted by atomic mass is 16.5. The van der Waals surface area contributed by atoms with Gasteiger partial charge in [0, 0.05) is 11.8 Å². The van der Waals surface area contributed by atoms with Crippen molar-refractivity contribution in [3.05, 3.63) is 11.8 Å². The number of aliphatic carboxylic acids is 2. The fourth-order valence-corrected chi connectivity index (χ4v) is 1.37. The number of hydrogen-bond acceptors (Lipinski definition) is 6. The van der Waals surface area contributed by atoms with Crippen LogP contribution in [0.3, 0.4) is 0 Å². The molecule has 0 aliphatic rings. The molecule has 0 saturated heterocycles. The molecule has 0 saturated carbocycles. The molecule has 0 bridgehead atoms. The molecule has 4 N–H and O–H groups in total. The fraction of sp³-hybridized carbons (Fsp3) is 0.364. The number of amides is 2. The molecule has 1 aromatic heterocycles. The van der Waals surface area contributed by atoms with Gasteiger partial charge in [-0.1, -0.05) is 0 Å². The van der Waals surface area contributed by atoms with Crippen molar-refractivity contribution in [1.82, 2.24) is 15.3 Å². The Morgan fingerprint density at radius 3 is 2.52 bits per heavy atom. The topological polar surface area (TPSA) is 151 Å². The Bertz CT molecular complexity index is 562. The van der Waals surface area contributed by atoms with Crippen LogP contribution in [0.1, 0.15) is 12.1 Å². The zero-order valence-electron chi connectivity index (χ0n) is 11.3. The Balaban J connectivity index is 2.74. The van der Waals surface area contributed by atoms with Gasteiger partial charge in [-0.15, -0.1) is 0 Å². The van der Waals surface area contributed by atoms with Crippen molar-refractivity contribution in [2.24, 2.45) is 0 Å². The second-order valence-electron chi connectivity index (χ2n) is 3.96. The van der Waals surface area contributed by atoms with E-state index in [2.05, 4.69) is 15.3 Å². The van der Waals surface area contributed by atoms with Crippen molar-refractivity contribution in [2.45, 2.75) is 19.4 Å². The Morgan fingerprint density at radius 2 is 2.00 bits per heavy atom. The standard InChI is InChI=1S/C11H14N4O6/c1-5-3-7(21-2)14-10(12-5)15-11(20)13-6(9(18)19)4-8(16)17/h3,6H,4H2,1-2H3,(H,16,17)(H,18,19)(H2,12,13,14,15,20). The summed E-state index contributed by atoms with van der Waals surface area (Å²) >= 11 is 0. The van der Waals surface area contributed by atoms with Crippen molar-refractivity contribution in [3.63, 3.8) is 0 Å². The van der Waals surface area contributed by atoms with Gasteiger partial charge < -0.3 is 20.3 Å². The van der Waals surface area contributed by atoms with E-state index in [4.69, 9.17) is 14.9 Å². The lowest BCUT2D eigenvalue weighted by atomic mass is 10.2. The van der Waals surface area contributed by atoms with Crippen LogP contribution in [0.15, 0.2) is 6.07 Å². The van der Waals surface area contributed by atoms with Gasteiger partial charge in [-0.3, -0.25) is 10.1 Å². The highest BCUT2D eigenvalue weighted by Crippen LogP contribution is 2.11. The molecular weight excluding hydrogens is 284 g/mol. The number of methoxy groups -OCH3 is 1. The van der Waals surface area contributed by atoms with Gasteiger partial charge in [0.05, 0.1) is 13.5 Å². The van der Waals surface area contributed by atoms with Gasteiger partial charge in [0.15, 0.2) is 0 Å². The number of nitrogens with zero attached hydrogens (tertiary/aromatic N) is 2. The predicted octanol–water partition coefficient (Wildman–Crippen LogP) is -0.157. The molecule has 2 amide bonds. The van der Waals surface area contributed by atoms with E-state index >= 15 is 0 Å². The summed E-state index contributed by atoms with van der Waals surface area (Å²) in [7, 11) is 1.39. The average Bonchev–Trinajstić information content (AvgIpc) is 2.36. The number of nitrogens with one attached hydrogen (secondary N) is 2. The lowest BCUT2D eigenvalue weighted by Gasteiger charge is -2.13. The van der Waals surface area contributed by atoms with Gasteiger partial charge >= 0.3 is 18.0 Å². The molecule has 1 aromatic rings. The summed E-state index contributed by atoms with van der Waals surface area (Å²) in [6.07, 6.45) is -0.749. The van der Waals surface area contributed by atoms with Crippen molar-refractivity contribution in [2.75, 3.05) is 12.4 Å². The van der Waals surface area contributed by atoms with Gasteiger partial charge in [-0.25, -0.2) is 14.6 Å². The summed E-state index contributed by atoms with van der Waals surface area (Å²) in [4.78, 5) is 40.7. The number of urea groups is 1. The summed E-state index contributed by atoms with van der Waals surface area (Å²) in [5.41, 5.74) is 0.525. The summed E-state index contributed by atoms with van der Waals surface area (Å²) < 4.78 is 4.89. The number of carboxylic acid groups (broad SMARTS) is 2. The van der Waals surface area contributed by atoms with Crippen LogP contribution >= 0.6 is 0 Å². The van der Waals surface area contributed by atoms with Crippen molar-refractivity contribution in [3.8, 4) is 5.88 Å². The first-order chi connectivity index (χ1) is 9.81. The fourth-order valence-electron chi connectivity index (χ4n) is 1.37. The first-order valence-corrected chi connectivity index (χ1v) is 5.73.